The largest absolute Gasteiger partial charge is 0.496 e. The van der Waals surface area contributed by atoms with E-state index < -0.39 is 9.84 Å². The second kappa shape index (κ2) is 10.3. The summed E-state index contributed by atoms with van der Waals surface area (Å²) in [6.45, 7) is 6.83. The van der Waals surface area contributed by atoms with Gasteiger partial charge in [-0.25, -0.2) is 8.42 Å². The van der Waals surface area contributed by atoms with Crippen molar-refractivity contribution >= 4 is 27.5 Å². The van der Waals surface area contributed by atoms with Gasteiger partial charge in [0.2, 0.25) is 5.91 Å². The molecule has 0 spiro atoms. The van der Waals surface area contributed by atoms with Gasteiger partial charge in [-0.15, -0.1) is 16.8 Å². The standard InChI is InChI=1S/C21H28N4O4S2/c1-4-11-24(16-10-13-31(27,28)15-16)19(26)14-30-21-23-22-20(25(21)12-5-2)17-8-6-7-9-18(17)29-3/h5-9,16H,2,4,10-15H2,1,3H3/t16-/m1/s1. The Kier molecular flexibility index (Phi) is 7.77. The number of methoxy groups -OCH3 is 1. The van der Waals surface area contributed by atoms with E-state index in [-0.39, 0.29) is 29.2 Å². The number of thioether (sulfide) groups is 1. The number of sulfone groups is 1. The number of hydrogen-bond donors (Lipinski definition) is 0. The van der Waals surface area contributed by atoms with Crippen LogP contribution in [0.4, 0.5) is 0 Å². The molecule has 1 aliphatic rings. The predicted molar refractivity (Wildman–Crippen MR) is 122 cm³/mol. The number of para-hydroxylation sites is 1. The molecule has 0 N–H and O–H groups in total. The van der Waals surface area contributed by atoms with Gasteiger partial charge in [0, 0.05) is 19.1 Å². The summed E-state index contributed by atoms with van der Waals surface area (Å²) in [5, 5.41) is 9.22. The van der Waals surface area contributed by atoms with Crippen LogP contribution in [0.2, 0.25) is 0 Å². The third-order valence-corrected chi connectivity index (χ3v) is 7.84. The summed E-state index contributed by atoms with van der Waals surface area (Å²) in [7, 11) is -1.45. The maximum Gasteiger partial charge on any atom is 0.233 e. The Morgan fingerprint density at radius 3 is 2.81 bits per heavy atom. The van der Waals surface area contributed by atoms with Crippen molar-refractivity contribution in [1.82, 2.24) is 19.7 Å². The lowest BCUT2D eigenvalue weighted by atomic mass is 10.2. The highest BCUT2D eigenvalue weighted by atomic mass is 32.2. The molecule has 1 aromatic heterocycles. The van der Waals surface area contributed by atoms with Crippen LogP contribution in [0, 0.1) is 0 Å². The Balaban J connectivity index is 1.78. The van der Waals surface area contributed by atoms with Crippen LogP contribution in [0.25, 0.3) is 11.4 Å². The van der Waals surface area contributed by atoms with E-state index in [0.717, 1.165) is 12.0 Å². The van der Waals surface area contributed by atoms with Crippen LogP contribution in [0.1, 0.15) is 19.8 Å². The first-order valence-corrected chi connectivity index (χ1v) is 13.0. The number of hydrogen-bond acceptors (Lipinski definition) is 7. The number of aromatic nitrogens is 3. The maximum atomic E-state index is 13.0. The highest BCUT2D eigenvalue weighted by Crippen LogP contribution is 2.31. The quantitative estimate of drug-likeness (QED) is 0.394. The van der Waals surface area contributed by atoms with E-state index >= 15 is 0 Å². The first-order valence-electron chi connectivity index (χ1n) is 10.2. The van der Waals surface area contributed by atoms with Crippen molar-refractivity contribution in [3.63, 3.8) is 0 Å². The molecule has 31 heavy (non-hydrogen) atoms. The van der Waals surface area contributed by atoms with E-state index in [1.54, 1.807) is 18.1 Å². The van der Waals surface area contributed by atoms with Gasteiger partial charge in [0.1, 0.15) is 5.75 Å². The number of nitrogens with zero attached hydrogens (tertiary/aromatic N) is 4. The van der Waals surface area contributed by atoms with Crippen molar-refractivity contribution in [2.45, 2.75) is 37.5 Å². The van der Waals surface area contributed by atoms with Crippen LogP contribution in [0.3, 0.4) is 0 Å². The molecule has 1 saturated heterocycles. The van der Waals surface area contributed by atoms with E-state index in [2.05, 4.69) is 16.8 Å². The molecule has 0 saturated carbocycles. The fourth-order valence-corrected chi connectivity index (χ4v) is 6.26. The zero-order chi connectivity index (χ0) is 22.4. The molecular formula is C21H28N4O4S2. The lowest BCUT2D eigenvalue weighted by Gasteiger charge is -2.27. The van der Waals surface area contributed by atoms with Crippen molar-refractivity contribution in [3.8, 4) is 17.1 Å². The fourth-order valence-electron chi connectivity index (χ4n) is 3.70. The molecule has 2 aromatic rings. The molecule has 3 rings (SSSR count). The fraction of sp³-hybridized carbons (Fsp3) is 0.476. The molecule has 0 aliphatic carbocycles. The van der Waals surface area contributed by atoms with Gasteiger partial charge in [0.25, 0.3) is 0 Å². The first-order chi connectivity index (χ1) is 14.9. The number of benzene rings is 1. The summed E-state index contributed by atoms with van der Waals surface area (Å²) in [6.07, 6.45) is 3.03. The lowest BCUT2D eigenvalue weighted by Crippen LogP contribution is -2.42. The number of ether oxygens (including phenoxy) is 1. The SMILES string of the molecule is C=CCn1c(SCC(=O)N(CCC)[C@@H]2CCS(=O)(=O)C2)nnc1-c1ccccc1OC. The van der Waals surface area contributed by atoms with Crippen LogP contribution >= 0.6 is 11.8 Å². The van der Waals surface area contributed by atoms with Crippen LogP contribution in [-0.2, 0) is 21.2 Å². The zero-order valence-electron chi connectivity index (χ0n) is 17.9. The topological polar surface area (TPSA) is 94.4 Å². The van der Waals surface area contributed by atoms with Gasteiger partial charge in [-0.3, -0.25) is 9.36 Å². The molecule has 0 unspecified atom stereocenters. The van der Waals surface area contributed by atoms with Crippen molar-refractivity contribution < 1.29 is 17.9 Å². The highest BCUT2D eigenvalue weighted by Gasteiger charge is 2.34. The average Bonchev–Trinajstić information content (AvgIpc) is 3.33. The normalized spacial score (nSPS) is 17.4. The number of allylic oxidation sites excluding steroid dienone is 1. The number of carbonyl (C=O) groups is 1. The van der Waals surface area contributed by atoms with E-state index in [1.807, 2.05) is 35.8 Å². The van der Waals surface area contributed by atoms with Gasteiger partial charge in [0.15, 0.2) is 20.8 Å². The van der Waals surface area contributed by atoms with Gasteiger partial charge in [0.05, 0.1) is 29.9 Å². The van der Waals surface area contributed by atoms with Crippen molar-refractivity contribution in [2.24, 2.45) is 0 Å². The summed E-state index contributed by atoms with van der Waals surface area (Å²) in [5.41, 5.74) is 0.807. The minimum Gasteiger partial charge on any atom is -0.496 e. The third kappa shape index (κ3) is 5.48. The van der Waals surface area contributed by atoms with Crippen molar-refractivity contribution in [1.29, 1.82) is 0 Å². The molecule has 1 amide bonds. The van der Waals surface area contributed by atoms with E-state index in [0.29, 0.717) is 36.2 Å². The number of carbonyl (C=O) groups excluding carboxylic acids is 1. The maximum absolute atomic E-state index is 13.0. The Morgan fingerprint density at radius 1 is 1.39 bits per heavy atom. The van der Waals surface area contributed by atoms with Crippen LogP contribution in [0.15, 0.2) is 42.1 Å². The molecule has 1 atom stereocenters. The summed E-state index contributed by atoms with van der Waals surface area (Å²) < 4.78 is 31.1. The third-order valence-electron chi connectivity index (χ3n) is 5.14. The molecular weight excluding hydrogens is 436 g/mol. The van der Waals surface area contributed by atoms with Gasteiger partial charge in [-0.2, -0.15) is 0 Å². The Labute approximate surface area is 187 Å². The zero-order valence-corrected chi connectivity index (χ0v) is 19.5. The van der Waals surface area contributed by atoms with Gasteiger partial charge >= 0.3 is 0 Å². The Hall–Kier alpha value is -2.33. The molecule has 1 fully saturated rings. The minimum atomic E-state index is -3.06. The van der Waals surface area contributed by atoms with Gasteiger partial charge in [-0.1, -0.05) is 36.9 Å². The summed E-state index contributed by atoms with van der Waals surface area (Å²) in [4.78, 5) is 14.7. The summed E-state index contributed by atoms with van der Waals surface area (Å²) in [5.74, 6) is 1.60. The number of rotatable bonds is 10. The monoisotopic (exact) mass is 464 g/mol. The van der Waals surface area contributed by atoms with Crippen molar-refractivity contribution in [2.75, 3.05) is 30.9 Å². The van der Waals surface area contributed by atoms with Gasteiger partial charge < -0.3 is 9.64 Å². The van der Waals surface area contributed by atoms with Crippen LogP contribution in [-0.4, -0.2) is 70.9 Å². The van der Waals surface area contributed by atoms with Crippen molar-refractivity contribution in [3.05, 3.63) is 36.9 Å². The highest BCUT2D eigenvalue weighted by molar-refractivity contribution is 7.99. The molecule has 1 aromatic carbocycles. The summed E-state index contributed by atoms with van der Waals surface area (Å²) in [6, 6.07) is 7.31. The number of amides is 1. The Bertz CT molecular complexity index is 1040. The lowest BCUT2D eigenvalue weighted by molar-refractivity contribution is -0.130. The second-order valence-corrected chi connectivity index (χ2v) is 10.5. The second-order valence-electron chi connectivity index (χ2n) is 7.34. The molecule has 0 bridgehead atoms. The minimum absolute atomic E-state index is 0.0496. The molecule has 2 heterocycles. The van der Waals surface area contributed by atoms with E-state index in [4.69, 9.17) is 4.74 Å². The van der Waals surface area contributed by atoms with Gasteiger partial charge in [-0.05, 0) is 25.0 Å². The predicted octanol–water partition coefficient (Wildman–Crippen LogP) is 2.66. The molecule has 0 radical (unpaired) electrons. The molecule has 1 aliphatic heterocycles. The molecule has 8 nitrogen and oxygen atoms in total. The Morgan fingerprint density at radius 2 is 2.16 bits per heavy atom. The summed E-state index contributed by atoms with van der Waals surface area (Å²) >= 11 is 1.30. The smallest absolute Gasteiger partial charge is 0.233 e. The average molecular weight is 465 g/mol. The molecule has 10 heteroatoms. The van der Waals surface area contributed by atoms with Crippen LogP contribution in [0.5, 0.6) is 5.75 Å². The van der Waals surface area contributed by atoms with E-state index in [1.165, 1.54) is 11.8 Å². The molecule has 168 valence electrons. The van der Waals surface area contributed by atoms with Crippen LogP contribution < -0.4 is 4.74 Å². The van der Waals surface area contributed by atoms with E-state index in [9.17, 15) is 13.2 Å². The first kappa shape index (κ1) is 23.3.